The first-order valence-corrected chi connectivity index (χ1v) is 8.20. The molecule has 3 rings (SSSR count). The van der Waals surface area contributed by atoms with E-state index in [1.807, 2.05) is 23.2 Å². The van der Waals surface area contributed by atoms with E-state index in [2.05, 4.69) is 9.71 Å². The largest absolute Gasteiger partial charge is 0.325 e. The number of rotatable bonds is 3. The molecule has 1 heterocycles. The molecule has 23 heavy (non-hydrogen) atoms. The lowest BCUT2D eigenvalue weighted by Crippen LogP contribution is -2.31. The molecule has 3 N–H and O–H groups in total. The Hall–Kier alpha value is -2.87. The minimum Gasteiger partial charge on any atom is -0.310 e. The summed E-state index contributed by atoms with van der Waals surface area (Å²) in [7, 11) is -4.15. The van der Waals surface area contributed by atoms with Crippen molar-refractivity contribution in [2.45, 2.75) is 11.8 Å². The lowest BCUT2D eigenvalue weighted by atomic mass is 10.1. The van der Waals surface area contributed by atoms with E-state index < -0.39 is 26.2 Å². The molecular weight excluding hydrogens is 318 g/mol. The molecule has 0 saturated carbocycles. The number of H-pyrrole nitrogens is 2. The van der Waals surface area contributed by atoms with Crippen LogP contribution in [0.5, 0.6) is 0 Å². The van der Waals surface area contributed by atoms with Crippen molar-refractivity contribution in [1.29, 1.82) is 0 Å². The van der Waals surface area contributed by atoms with Crippen LogP contribution in [0.25, 0.3) is 10.8 Å². The van der Waals surface area contributed by atoms with Gasteiger partial charge >= 0.3 is 5.69 Å². The maximum atomic E-state index is 12.5. The predicted octanol–water partition coefficient (Wildman–Crippen LogP) is 1.33. The van der Waals surface area contributed by atoms with Gasteiger partial charge in [0.15, 0.2) is 4.90 Å². The molecule has 0 spiro atoms. The SMILES string of the molecule is Cc1[nH]c(=O)[nH]c(=O)c1S(=O)(=O)Nc1cccc2ccccc12. The van der Waals surface area contributed by atoms with Crippen LogP contribution in [0.3, 0.4) is 0 Å². The van der Waals surface area contributed by atoms with Crippen LogP contribution in [0.1, 0.15) is 5.69 Å². The number of aromatic nitrogens is 2. The molecule has 0 bridgehead atoms. The van der Waals surface area contributed by atoms with Crippen molar-refractivity contribution in [2.24, 2.45) is 0 Å². The van der Waals surface area contributed by atoms with Crippen molar-refractivity contribution < 1.29 is 8.42 Å². The van der Waals surface area contributed by atoms with Gasteiger partial charge in [-0.3, -0.25) is 14.5 Å². The fourth-order valence-corrected chi connectivity index (χ4v) is 3.74. The molecule has 2 aromatic carbocycles. The van der Waals surface area contributed by atoms with Crippen molar-refractivity contribution in [3.05, 3.63) is 69.0 Å². The van der Waals surface area contributed by atoms with Gasteiger partial charge in [-0.15, -0.1) is 0 Å². The van der Waals surface area contributed by atoms with Gasteiger partial charge in [-0.05, 0) is 18.4 Å². The quantitative estimate of drug-likeness (QED) is 0.672. The number of hydrogen-bond acceptors (Lipinski definition) is 4. The molecule has 118 valence electrons. The molecule has 0 fully saturated rings. The average molecular weight is 331 g/mol. The molecule has 7 nitrogen and oxygen atoms in total. The highest BCUT2D eigenvalue weighted by Crippen LogP contribution is 2.25. The van der Waals surface area contributed by atoms with Gasteiger partial charge < -0.3 is 4.98 Å². The van der Waals surface area contributed by atoms with E-state index in [0.29, 0.717) is 11.1 Å². The minimum atomic E-state index is -4.15. The number of aromatic amines is 2. The Bertz CT molecular complexity index is 1110. The highest BCUT2D eigenvalue weighted by molar-refractivity contribution is 7.92. The van der Waals surface area contributed by atoms with Gasteiger partial charge in [-0.2, -0.15) is 0 Å². The zero-order valence-electron chi connectivity index (χ0n) is 12.1. The molecule has 0 aliphatic rings. The van der Waals surface area contributed by atoms with Crippen molar-refractivity contribution in [3.63, 3.8) is 0 Å². The monoisotopic (exact) mass is 331 g/mol. The van der Waals surface area contributed by atoms with Gasteiger partial charge in [0.25, 0.3) is 15.6 Å². The Morgan fingerprint density at radius 1 is 0.957 bits per heavy atom. The Morgan fingerprint density at radius 3 is 2.39 bits per heavy atom. The maximum absolute atomic E-state index is 12.5. The van der Waals surface area contributed by atoms with Crippen LogP contribution in [0.4, 0.5) is 5.69 Å². The third-order valence-electron chi connectivity index (χ3n) is 3.38. The lowest BCUT2D eigenvalue weighted by Gasteiger charge is -2.11. The van der Waals surface area contributed by atoms with Crippen LogP contribution in [0.15, 0.2) is 56.9 Å². The Balaban J connectivity index is 2.15. The second-order valence-corrected chi connectivity index (χ2v) is 6.61. The van der Waals surface area contributed by atoms with E-state index in [0.717, 1.165) is 5.39 Å². The summed E-state index contributed by atoms with van der Waals surface area (Å²) in [4.78, 5) is 26.8. The van der Waals surface area contributed by atoms with Crippen LogP contribution in [0.2, 0.25) is 0 Å². The number of hydrogen-bond donors (Lipinski definition) is 3. The van der Waals surface area contributed by atoms with Gasteiger partial charge in [0.05, 0.1) is 5.69 Å². The molecule has 0 atom stereocenters. The maximum Gasteiger partial charge on any atom is 0.325 e. The van der Waals surface area contributed by atoms with E-state index in [9.17, 15) is 18.0 Å². The van der Waals surface area contributed by atoms with Crippen LogP contribution in [0, 0.1) is 6.92 Å². The number of aryl methyl sites for hydroxylation is 1. The van der Waals surface area contributed by atoms with Crippen molar-refractivity contribution >= 4 is 26.5 Å². The first-order chi connectivity index (χ1) is 10.9. The van der Waals surface area contributed by atoms with Crippen molar-refractivity contribution in [2.75, 3.05) is 4.72 Å². The predicted molar refractivity (Wildman–Crippen MR) is 87.2 cm³/mol. The van der Waals surface area contributed by atoms with E-state index in [4.69, 9.17) is 0 Å². The third-order valence-corrected chi connectivity index (χ3v) is 4.90. The lowest BCUT2D eigenvalue weighted by molar-refractivity contribution is 0.598. The number of anilines is 1. The number of fused-ring (bicyclic) bond motifs is 1. The molecule has 0 amide bonds. The summed E-state index contributed by atoms with van der Waals surface area (Å²) in [5.74, 6) is 0. The van der Waals surface area contributed by atoms with Gasteiger partial charge in [0.1, 0.15) is 0 Å². The second-order valence-electron chi connectivity index (χ2n) is 4.99. The molecular formula is C15H13N3O4S. The van der Waals surface area contributed by atoms with Gasteiger partial charge in [0.2, 0.25) is 0 Å². The normalized spacial score (nSPS) is 11.5. The van der Waals surface area contributed by atoms with Gasteiger partial charge in [0, 0.05) is 11.1 Å². The average Bonchev–Trinajstić information content (AvgIpc) is 2.45. The first kappa shape index (κ1) is 15.0. The number of nitrogens with one attached hydrogen (secondary N) is 3. The molecule has 0 unspecified atom stereocenters. The Kier molecular flexibility index (Phi) is 3.53. The molecule has 0 saturated heterocycles. The van der Waals surface area contributed by atoms with E-state index in [1.165, 1.54) is 6.92 Å². The molecule has 0 aliphatic heterocycles. The summed E-state index contributed by atoms with van der Waals surface area (Å²) in [6.45, 7) is 1.36. The van der Waals surface area contributed by atoms with Gasteiger partial charge in [-0.25, -0.2) is 13.2 Å². The summed E-state index contributed by atoms with van der Waals surface area (Å²) < 4.78 is 27.5. The first-order valence-electron chi connectivity index (χ1n) is 6.72. The fraction of sp³-hybridized carbons (Fsp3) is 0.0667. The second kappa shape index (κ2) is 5.40. The van der Waals surface area contributed by atoms with Crippen LogP contribution >= 0.6 is 0 Å². The summed E-state index contributed by atoms with van der Waals surface area (Å²) in [5, 5.41) is 1.57. The molecule has 3 aromatic rings. The smallest absolute Gasteiger partial charge is 0.310 e. The van der Waals surface area contributed by atoms with Crippen LogP contribution in [-0.4, -0.2) is 18.4 Å². The zero-order valence-corrected chi connectivity index (χ0v) is 12.9. The molecule has 0 radical (unpaired) electrons. The summed E-state index contributed by atoms with van der Waals surface area (Å²) in [6, 6.07) is 12.4. The van der Waals surface area contributed by atoms with Crippen molar-refractivity contribution in [3.8, 4) is 0 Å². The van der Waals surface area contributed by atoms with E-state index >= 15 is 0 Å². The van der Waals surface area contributed by atoms with Crippen LogP contribution in [-0.2, 0) is 10.0 Å². The standard InChI is InChI=1S/C15H13N3O4S/c1-9-13(14(19)17-15(20)16-9)23(21,22)18-12-8-4-6-10-5-2-3-7-11(10)12/h2-8,18H,1H3,(H2,16,17,19,20). The molecule has 0 aliphatic carbocycles. The Labute approximate surface area is 131 Å². The van der Waals surface area contributed by atoms with Crippen LogP contribution < -0.4 is 16.0 Å². The highest BCUT2D eigenvalue weighted by Gasteiger charge is 2.22. The highest BCUT2D eigenvalue weighted by atomic mass is 32.2. The topological polar surface area (TPSA) is 112 Å². The fourth-order valence-electron chi connectivity index (χ4n) is 2.42. The van der Waals surface area contributed by atoms with Crippen molar-refractivity contribution in [1.82, 2.24) is 9.97 Å². The van der Waals surface area contributed by atoms with E-state index in [1.54, 1.807) is 24.3 Å². The number of benzene rings is 2. The summed E-state index contributed by atoms with van der Waals surface area (Å²) >= 11 is 0. The Morgan fingerprint density at radius 2 is 1.65 bits per heavy atom. The zero-order chi connectivity index (χ0) is 16.6. The van der Waals surface area contributed by atoms with E-state index in [-0.39, 0.29) is 5.69 Å². The summed E-state index contributed by atoms with van der Waals surface area (Å²) in [6.07, 6.45) is 0. The minimum absolute atomic E-state index is 0.0218. The summed E-state index contributed by atoms with van der Waals surface area (Å²) in [5.41, 5.74) is -1.38. The molecule has 1 aromatic heterocycles. The van der Waals surface area contributed by atoms with Gasteiger partial charge in [-0.1, -0.05) is 36.4 Å². The number of sulfonamides is 1. The molecule has 8 heteroatoms. The third kappa shape index (κ3) is 2.76.